The summed E-state index contributed by atoms with van der Waals surface area (Å²) in [5.41, 5.74) is 0. The van der Waals surface area contributed by atoms with Crippen LogP contribution in [0.5, 0.6) is 0 Å². The maximum absolute atomic E-state index is 11.9. The van der Waals surface area contributed by atoms with Crippen LogP contribution in [0.1, 0.15) is 26.2 Å². The summed E-state index contributed by atoms with van der Waals surface area (Å²) in [6.07, 6.45) is 3.97. The number of carbonyl (C=O) groups excluding carboxylic acids is 2. The lowest BCUT2D eigenvalue weighted by Gasteiger charge is -2.09. The molecule has 3 saturated carbocycles. The summed E-state index contributed by atoms with van der Waals surface area (Å²) in [4.78, 5) is 23.1. The first kappa shape index (κ1) is 11.1. The van der Waals surface area contributed by atoms with Gasteiger partial charge in [-0.3, -0.25) is 9.59 Å². The lowest BCUT2D eigenvalue weighted by Crippen LogP contribution is -2.33. The van der Waals surface area contributed by atoms with Crippen LogP contribution in [-0.4, -0.2) is 25.0 Å². The monoisotopic (exact) mass is 237 g/mol. The van der Waals surface area contributed by atoms with Gasteiger partial charge in [0.25, 0.3) is 0 Å². The van der Waals surface area contributed by atoms with E-state index in [1.54, 1.807) is 6.92 Å². The average Bonchev–Trinajstić information content (AvgIpc) is 2.75. The van der Waals surface area contributed by atoms with Crippen molar-refractivity contribution in [1.82, 2.24) is 5.32 Å². The van der Waals surface area contributed by atoms with Crippen LogP contribution >= 0.6 is 0 Å². The van der Waals surface area contributed by atoms with Gasteiger partial charge in [0.2, 0.25) is 5.91 Å². The molecule has 4 heteroatoms. The number of fused-ring (bicyclic) bond motifs is 5. The highest BCUT2D eigenvalue weighted by Crippen LogP contribution is 2.69. The minimum absolute atomic E-state index is 0.0257. The Hall–Kier alpha value is -1.06. The predicted molar refractivity (Wildman–Crippen MR) is 60.9 cm³/mol. The summed E-state index contributed by atoms with van der Waals surface area (Å²) in [5.74, 6) is 2.80. The Kier molecular flexibility index (Phi) is 2.60. The molecular formula is C13H19NO3. The summed E-state index contributed by atoms with van der Waals surface area (Å²) in [5, 5.41) is 2.71. The fourth-order valence-electron chi connectivity index (χ4n) is 4.16. The molecule has 3 aliphatic rings. The fourth-order valence-corrected chi connectivity index (χ4v) is 4.16. The zero-order valence-corrected chi connectivity index (χ0v) is 10.1. The molecule has 0 saturated heterocycles. The van der Waals surface area contributed by atoms with E-state index in [1.807, 2.05) is 0 Å². The molecule has 3 fully saturated rings. The Morgan fingerprint density at radius 2 is 1.88 bits per heavy atom. The molecule has 1 amide bonds. The number of hydrogen-bond acceptors (Lipinski definition) is 3. The molecule has 0 radical (unpaired) electrons. The smallest absolute Gasteiger partial charge is 0.325 e. The first-order valence-corrected chi connectivity index (χ1v) is 6.65. The lowest BCUT2D eigenvalue weighted by molar-refractivity contribution is -0.143. The lowest BCUT2D eigenvalue weighted by atomic mass is 10.0. The molecule has 3 rings (SSSR count). The van der Waals surface area contributed by atoms with Crippen molar-refractivity contribution in [3.05, 3.63) is 0 Å². The normalized spacial score (nSPS) is 40.9. The van der Waals surface area contributed by atoms with Crippen LogP contribution < -0.4 is 5.32 Å². The third-order valence-electron chi connectivity index (χ3n) is 4.75. The maximum Gasteiger partial charge on any atom is 0.325 e. The molecule has 4 nitrogen and oxygen atoms in total. The van der Waals surface area contributed by atoms with Gasteiger partial charge in [0.15, 0.2) is 0 Å². The maximum atomic E-state index is 11.9. The molecule has 0 aromatic carbocycles. The first-order chi connectivity index (χ1) is 8.22. The highest BCUT2D eigenvalue weighted by molar-refractivity contribution is 5.86. The molecular weight excluding hydrogens is 218 g/mol. The van der Waals surface area contributed by atoms with Crippen molar-refractivity contribution in [2.45, 2.75) is 26.2 Å². The molecule has 17 heavy (non-hydrogen) atoms. The van der Waals surface area contributed by atoms with Gasteiger partial charge in [-0.15, -0.1) is 0 Å². The van der Waals surface area contributed by atoms with E-state index in [1.165, 1.54) is 19.3 Å². The quantitative estimate of drug-likeness (QED) is 0.741. The molecule has 0 aliphatic heterocycles. The van der Waals surface area contributed by atoms with Crippen molar-refractivity contribution in [3.8, 4) is 0 Å². The number of ether oxygens (including phenoxy) is 1. The second-order valence-corrected chi connectivity index (χ2v) is 5.54. The summed E-state index contributed by atoms with van der Waals surface area (Å²) < 4.78 is 4.79. The van der Waals surface area contributed by atoms with Crippen LogP contribution in [0.3, 0.4) is 0 Å². The predicted octanol–water partition coefficient (Wildman–Crippen LogP) is 0.958. The van der Waals surface area contributed by atoms with E-state index in [4.69, 9.17) is 4.74 Å². The summed E-state index contributed by atoms with van der Waals surface area (Å²) in [6.45, 7) is 2.16. The minimum atomic E-state index is -0.338. The van der Waals surface area contributed by atoms with Crippen LogP contribution in [0, 0.1) is 29.6 Å². The second-order valence-electron chi connectivity index (χ2n) is 5.54. The highest BCUT2D eigenvalue weighted by Gasteiger charge is 2.67. The van der Waals surface area contributed by atoms with Crippen LogP contribution in [0.25, 0.3) is 0 Å². The Balaban J connectivity index is 1.48. The van der Waals surface area contributed by atoms with Gasteiger partial charge < -0.3 is 10.1 Å². The molecule has 4 atom stereocenters. The molecule has 0 heterocycles. The van der Waals surface area contributed by atoms with Gasteiger partial charge in [-0.1, -0.05) is 0 Å². The molecule has 1 N–H and O–H groups in total. The summed E-state index contributed by atoms with van der Waals surface area (Å²) in [7, 11) is 0. The zero-order valence-electron chi connectivity index (χ0n) is 10.1. The third-order valence-corrected chi connectivity index (χ3v) is 4.75. The van der Waals surface area contributed by atoms with Crippen molar-refractivity contribution in [1.29, 1.82) is 0 Å². The van der Waals surface area contributed by atoms with Gasteiger partial charge in [0, 0.05) is 5.92 Å². The number of hydrogen-bond donors (Lipinski definition) is 1. The van der Waals surface area contributed by atoms with Gasteiger partial charge in [0.1, 0.15) is 6.54 Å². The Morgan fingerprint density at radius 1 is 1.24 bits per heavy atom. The van der Waals surface area contributed by atoms with Crippen molar-refractivity contribution >= 4 is 11.9 Å². The molecule has 3 aliphatic carbocycles. The number of esters is 1. The largest absolute Gasteiger partial charge is 0.465 e. The van der Waals surface area contributed by atoms with Crippen LogP contribution in [0.4, 0.5) is 0 Å². The average molecular weight is 237 g/mol. The van der Waals surface area contributed by atoms with Crippen molar-refractivity contribution in [2.24, 2.45) is 29.6 Å². The summed E-state index contributed by atoms with van der Waals surface area (Å²) >= 11 is 0. The summed E-state index contributed by atoms with van der Waals surface area (Å²) in [6, 6.07) is 0. The van der Waals surface area contributed by atoms with E-state index in [-0.39, 0.29) is 24.3 Å². The van der Waals surface area contributed by atoms with Gasteiger partial charge in [-0.2, -0.15) is 0 Å². The first-order valence-electron chi connectivity index (χ1n) is 6.65. The van der Waals surface area contributed by atoms with E-state index in [2.05, 4.69) is 5.32 Å². The molecule has 0 spiro atoms. The van der Waals surface area contributed by atoms with Gasteiger partial charge >= 0.3 is 5.97 Å². The fraction of sp³-hybridized carbons (Fsp3) is 0.846. The number of nitrogens with one attached hydrogen (secondary N) is 1. The molecule has 0 aromatic heterocycles. The highest BCUT2D eigenvalue weighted by atomic mass is 16.5. The topological polar surface area (TPSA) is 55.4 Å². The number of rotatable bonds is 4. The Bertz CT molecular complexity index is 339. The van der Waals surface area contributed by atoms with Gasteiger partial charge in [-0.25, -0.2) is 0 Å². The molecule has 4 unspecified atom stereocenters. The number of amides is 1. The minimum Gasteiger partial charge on any atom is -0.465 e. The molecule has 2 bridgehead atoms. The second kappa shape index (κ2) is 4.00. The van der Waals surface area contributed by atoms with E-state index < -0.39 is 0 Å². The van der Waals surface area contributed by atoms with Crippen molar-refractivity contribution < 1.29 is 14.3 Å². The van der Waals surface area contributed by atoms with Crippen LogP contribution in [-0.2, 0) is 14.3 Å². The van der Waals surface area contributed by atoms with Crippen LogP contribution in [0.15, 0.2) is 0 Å². The SMILES string of the molecule is CCOC(=O)CNC(=O)C1C2C3CCC(C3)C12. The van der Waals surface area contributed by atoms with Gasteiger partial charge in [-0.05, 0) is 49.9 Å². The number of carbonyl (C=O) groups is 2. The standard InChI is InChI=1S/C13H19NO3/c1-2-17-9(15)6-14-13(16)12-10-7-3-4-8(5-7)11(10)12/h7-8,10-12H,2-6H2,1H3,(H,14,16). The van der Waals surface area contributed by atoms with Crippen molar-refractivity contribution in [3.63, 3.8) is 0 Å². The Labute approximate surface area is 101 Å². The van der Waals surface area contributed by atoms with Crippen LogP contribution in [0.2, 0.25) is 0 Å². The van der Waals surface area contributed by atoms with E-state index in [9.17, 15) is 9.59 Å². The third kappa shape index (κ3) is 1.74. The molecule has 0 aromatic rings. The molecule has 94 valence electrons. The zero-order chi connectivity index (χ0) is 12.0. The van der Waals surface area contributed by atoms with Gasteiger partial charge in [0.05, 0.1) is 6.61 Å². The van der Waals surface area contributed by atoms with E-state index in [0.29, 0.717) is 18.4 Å². The van der Waals surface area contributed by atoms with E-state index in [0.717, 1.165) is 11.8 Å². The van der Waals surface area contributed by atoms with E-state index >= 15 is 0 Å². The van der Waals surface area contributed by atoms with Crippen molar-refractivity contribution in [2.75, 3.05) is 13.2 Å². The Morgan fingerprint density at radius 3 is 2.47 bits per heavy atom.